The largest absolute Gasteiger partial charge is 0.478 e. The molecular weight excluding hydrogens is 240 g/mol. The van der Waals surface area contributed by atoms with Crippen molar-refractivity contribution in [3.8, 4) is 0 Å². The molecule has 2 rings (SSSR count). The maximum Gasteiger partial charge on any atom is 0.340 e. The van der Waals surface area contributed by atoms with Gasteiger partial charge in [-0.2, -0.15) is 5.10 Å². The fourth-order valence-electron chi connectivity index (χ4n) is 1.08. The number of carboxylic acids is 1. The first-order valence-corrected chi connectivity index (χ1v) is 4.53. The molecule has 0 saturated carbocycles. The highest BCUT2D eigenvalue weighted by molar-refractivity contribution is 9.10. The van der Waals surface area contributed by atoms with Crippen LogP contribution in [0.15, 0.2) is 10.8 Å². The van der Waals surface area contributed by atoms with E-state index in [4.69, 9.17) is 9.84 Å². The van der Waals surface area contributed by atoms with Crippen LogP contribution in [0, 0.1) is 0 Å². The third kappa shape index (κ3) is 1.47. The lowest BCUT2D eigenvalue weighted by atomic mass is 10.3. The zero-order valence-electron chi connectivity index (χ0n) is 6.61. The molecular formula is C7H7BrN2O3. The normalized spacial score (nSPS) is 17.0. The summed E-state index contributed by atoms with van der Waals surface area (Å²) in [4.78, 5) is 10.6. The number of halogens is 1. The standard InChI is InChI=1S/C7H7BrN2O3/c8-6-5(7(11)12)1-10(9-6)4-2-13-3-4/h1,4H,2-3H2,(H,11,12). The maximum absolute atomic E-state index is 10.6. The van der Waals surface area contributed by atoms with E-state index in [1.807, 2.05) is 0 Å². The third-order valence-electron chi connectivity index (χ3n) is 1.91. The van der Waals surface area contributed by atoms with E-state index < -0.39 is 5.97 Å². The van der Waals surface area contributed by atoms with Crippen molar-refractivity contribution in [3.05, 3.63) is 16.4 Å². The molecule has 2 heterocycles. The number of aromatic nitrogens is 2. The van der Waals surface area contributed by atoms with Gasteiger partial charge >= 0.3 is 5.97 Å². The summed E-state index contributed by atoms with van der Waals surface area (Å²) in [6.45, 7) is 1.21. The molecule has 0 amide bonds. The molecule has 0 unspecified atom stereocenters. The number of aromatic carboxylic acids is 1. The Balaban J connectivity index is 2.28. The van der Waals surface area contributed by atoms with Gasteiger partial charge in [-0.3, -0.25) is 4.68 Å². The molecule has 5 nitrogen and oxygen atoms in total. The molecule has 13 heavy (non-hydrogen) atoms. The van der Waals surface area contributed by atoms with E-state index in [9.17, 15) is 4.79 Å². The van der Waals surface area contributed by atoms with E-state index in [1.54, 1.807) is 4.68 Å². The summed E-state index contributed by atoms with van der Waals surface area (Å²) in [6.07, 6.45) is 1.51. The Morgan fingerprint density at radius 3 is 2.85 bits per heavy atom. The first-order valence-electron chi connectivity index (χ1n) is 3.74. The predicted molar refractivity (Wildman–Crippen MR) is 46.7 cm³/mol. The summed E-state index contributed by atoms with van der Waals surface area (Å²) in [5, 5.41) is 12.8. The Kier molecular flexibility index (Phi) is 2.09. The van der Waals surface area contributed by atoms with Gasteiger partial charge in [-0.15, -0.1) is 0 Å². The summed E-state index contributed by atoms with van der Waals surface area (Å²) in [6, 6.07) is 0.185. The Bertz CT molecular complexity index is 346. The van der Waals surface area contributed by atoms with Crippen LogP contribution in [0.2, 0.25) is 0 Å². The Morgan fingerprint density at radius 1 is 1.77 bits per heavy atom. The second-order valence-corrected chi connectivity index (χ2v) is 3.56. The van der Waals surface area contributed by atoms with Crippen LogP contribution in [0.3, 0.4) is 0 Å². The molecule has 1 aromatic heterocycles. The van der Waals surface area contributed by atoms with Crippen LogP contribution >= 0.6 is 15.9 Å². The summed E-state index contributed by atoms with van der Waals surface area (Å²) < 4.78 is 6.96. The number of nitrogens with zero attached hydrogens (tertiary/aromatic N) is 2. The third-order valence-corrected chi connectivity index (χ3v) is 2.50. The van der Waals surface area contributed by atoms with E-state index in [-0.39, 0.29) is 11.6 Å². The highest BCUT2D eigenvalue weighted by Gasteiger charge is 2.23. The van der Waals surface area contributed by atoms with Gasteiger partial charge in [0.25, 0.3) is 0 Å². The van der Waals surface area contributed by atoms with Crippen LogP contribution in [0.1, 0.15) is 16.4 Å². The summed E-state index contributed by atoms with van der Waals surface area (Å²) in [5.74, 6) is -0.974. The Labute approximate surface area is 82.4 Å². The van der Waals surface area contributed by atoms with Gasteiger partial charge in [0.2, 0.25) is 0 Å². The fourth-order valence-corrected chi connectivity index (χ4v) is 1.53. The fraction of sp³-hybridized carbons (Fsp3) is 0.429. The second-order valence-electron chi connectivity index (χ2n) is 2.81. The van der Waals surface area contributed by atoms with Crippen molar-refractivity contribution in [2.24, 2.45) is 0 Å². The SMILES string of the molecule is O=C(O)c1cn(C2COC2)nc1Br. The molecule has 0 aromatic carbocycles. The van der Waals surface area contributed by atoms with Crippen LogP contribution < -0.4 is 0 Å². The summed E-state index contributed by atoms with van der Waals surface area (Å²) in [7, 11) is 0. The molecule has 0 atom stereocenters. The predicted octanol–water partition coefficient (Wildman–Crippen LogP) is 0.915. The van der Waals surface area contributed by atoms with Gasteiger partial charge in [-0.25, -0.2) is 4.79 Å². The van der Waals surface area contributed by atoms with Gasteiger partial charge in [-0.1, -0.05) is 0 Å². The molecule has 6 heteroatoms. The second kappa shape index (κ2) is 3.12. The van der Waals surface area contributed by atoms with Crippen molar-refractivity contribution in [2.45, 2.75) is 6.04 Å². The molecule has 0 bridgehead atoms. The van der Waals surface area contributed by atoms with Crippen LogP contribution in [0.4, 0.5) is 0 Å². The van der Waals surface area contributed by atoms with Crippen molar-refractivity contribution in [2.75, 3.05) is 13.2 Å². The highest BCUT2D eigenvalue weighted by atomic mass is 79.9. The molecule has 1 fully saturated rings. The van der Waals surface area contributed by atoms with E-state index in [2.05, 4.69) is 21.0 Å². The highest BCUT2D eigenvalue weighted by Crippen LogP contribution is 2.21. The van der Waals surface area contributed by atoms with Crippen molar-refractivity contribution >= 4 is 21.9 Å². The Hall–Kier alpha value is -0.880. The average molecular weight is 247 g/mol. The lowest BCUT2D eigenvalue weighted by molar-refractivity contribution is -0.0288. The van der Waals surface area contributed by atoms with Crippen LogP contribution in [0.25, 0.3) is 0 Å². The lowest BCUT2D eigenvalue weighted by Gasteiger charge is -2.25. The molecule has 0 radical (unpaired) electrons. The number of rotatable bonds is 2. The number of ether oxygens (including phenoxy) is 1. The zero-order valence-corrected chi connectivity index (χ0v) is 8.19. The van der Waals surface area contributed by atoms with Crippen molar-refractivity contribution in [1.29, 1.82) is 0 Å². The van der Waals surface area contributed by atoms with Gasteiger partial charge in [-0.05, 0) is 15.9 Å². The van der Waals surface area contributed by atoms with Crippen LogP contribution in [-0.2, 0) is 4.74 Å². The first kappa shape index (κ1) is 8.71. The van der Waals surface area contributed by atoms with Gasteiger partial charge in [0, 0.05) is 6.20 Å². The first-order chi connectivity index (χ1) is 6.18. The minimum atomic E-state index is -0.974. The quantitative estimate of drug-likeness (QED) is 0.843. The molecule has 1 aliphatic heterocycles. The minimum Gasteiger partial charge on any atom is -0.478 e. The van der Waals surface area contributed by atoms with Gasteiger partial charge in [0.15, 0.2) is 0 Å². The number of carboxylic acid groups (broad SMARTS) is 1. The zero-order chi connectivity index (χ0) is 9.42. The Morgan fingerprint density at radius 2 is 2.46 bits per heavy atom. The lowest BCUT2D eigenvalue weighted by Crippen LogP contribution is -2.30. The molecule has 1 saturated heterocycles. The summed E-state index contributed by atoms with van der Waals surface area (Å²) >= 11 is 3.09. The molecule has 70 valence electrons. The van der Waals surface area contributed by atoms with E-state index in [0.29, 0.717) is 17.8 Å². The maximum atomic E-state index is 10.6. The average Bonchev–Trinajstić information content (AvgIpc) is 2.27. The van der Waals surface area contributed by atoms with E-state index >= 15 is 0 Å². The molecule has 1 aliphatic rings. The van der Waals surface area contributed by atoms with E-state index in [1.165, 1.54) is 6.20 Å². The topological polar surface area (TPSA) is 64.3 Å². The molecule has 0 spiro atoms. The summed E-state index contributed by atoms with van der Waals surface area (Å²) in [5.41, 5.74) is 0.187. The number of carbonyl (C=O) groups is 1. The van der Waals surface area contributed by atoms with Crippen LogP contribution in [0.5, 0.6) is 0 Å². The van der Waals surface area contributed by atoms with E-state index in [0.717, 1.165) is 0 Å². The van der Waals surface area contributed by atoms with Crippen molar-refractivity contribution in [3.63, 3.8) is 0 Å². The monoisotopic (exact) mass is 246 g/mol. The van der Waals surface area contributed by atoms with Gasteiger partial charge in [0.05, 0.1) is 19.3 Å². The minimum absolute atomic E-state index is 0.185. The smallest absolute Gasteiger partial charge is 0.340 e. The van der Waals surface area contributed by atoms with Crippen molar-refractivity contribution < 1.29 is 14.6 Å². The van der Waals surface area contributed by atoms with Gasteiger partial charge < -0.3 is 9.84 Å². The van der Waals surface area contributed by atoms with Gasteiger partial charge in [0.1, 0.15) is 10.2 Å². The number of hydrogen-bond donors (Lipinski definition) is 1. The van der Waals surface area contributed by atoms with Crippen molar-refractivity contribution in [1.82, 2.24) is 9.78 Å². The van der Waals surface area contributed by atoms with Crippen LogP contribution in [-0.4, -0.2) is 34.1 Å². The molecule has 1 N–H and O–H groups in total. The number of hydrogen-bond acceptors (Lipinski definition) is 3. The molecule has 0 aliphatic carbocycles. The molecule has 1 aromatic rings.